The molecule has 0 spiro atoms. The molecule has 2 atom stereocenters. The van der Waals surface area contributed by atoms with E-state index in [0.29, 0.717) is 12.8 Å². The van der Waals surface area contributed by atoms with Crippen LogP contribution in [0.3, 0.4) is 0 Å². The van der Waals surface area contributed by atoms with Crippen LogP contribution in [0, 0.1) is 0 Å². The van der Waals surface area contributed by atoms with Crippen LogP contribution in [0.25, 0.3) is 0 Å². The van der Waals surface area contributed by atoms with E-state index < -0.39 is 26.5 Å². The molecule has 1 unspecified atom stereocenters. The van der Waals surface area contributed by atoms with E-state index in [4.69, 9.17) is 14.0 Å². The van der Waals surface area contributed by atoms with Crippen LogP contribution in [0.15, 0.2) is 12.2 Å². The van der Waals surface area contributed by atoms with Crippen LogP contribution in [0.2, 0.25) is 0 Å². The fourth-order valence-corrected chi connectivity index (χ4v) is 5.18. The van der Waals surface area contributed by atoms with Crippen molar-refractivity contribution in [2.75, 3.05) is 20.3 Å². The van der Waals surface area contributed by atoms with Crippen molar-refractivity contribution in [2.45, 2.75) is 168 Å². The van der Waals surface area contributed by atoms with Crippen LogP contribution >= 0.6 is 7.82 Å². The van der Waals surface area contributed by atoms with Crippen LogP contribution in [-0.2, 0) is 32.7 Å². The van der Waals surface area contributed by atoms with Crippen LogP contribution in [0.1, 0.15) is 162 Å². The number of carbonyl (C=O) groups is 2. The van der Waals surface area contributed by atoms with Gasteiger partial charge in [-0.1, -0.05) is 128 Å². The predicted molar refractivity (Wildman–Crippen MR) is 170 cm³/mol. The number of carbonyl (C=O) groups excluding carboxylic acids is 2. The Morgan fingerprint density at radius 2 is 1.14 bits per heavy atom. The summed E-state index contributed by atoms with van der Waals surface area (Å²) in [4.78, 5) is 34.1. The van der Waals surface area contributed by atoms with Gasteiger partial charge in [-0.15, -0.1) is 0 Å². The first-order valence-corrected chi connectivity index (χ1v) is 18.3. The molecule has 0 bridgehead atoms. The minimum absolute atomic E-state index is 0.222. The van der Waals surface area contributed by atoms with E-state index in [9.17, 15) is 19.0 Å². The molecule has 0 aromatic carbocycles. The largest absolute Gasteiger partial charge is 0.472 e. The maximum atomic E-state index is 12.3. The second-order valence-electron chi connectivity index (χ2n) is 11.3. The Bertz CT molecular complexity index is 712. The van der Waals surface area contributed by atoms with Gasteiger partial charge in [0, 0.05) is 20.0 Å². The lowest BCUT2D eigenvalue weighted by Gasteiger charge is -2.19. The number of esters is 2. The molecule has 0 aliphatic heterocycles. The number of hydrogen-bond donors (Lipinski definition) is 1. The number of rotatable bonds is 31. The summed E-state index contributed by atoms with van der Waals surface area (Å²) in [6.07, 6.45) is 28.5. The highest BCUT2D eigenvalue weighted by Crippen LogP contribution is 2.42. The van der Waals surface area contributed by atoms with Crippen LogP contribution < -0.4 is 0 Å². The van der Waals surface area contributed by atoms with E-state index in [0.717, 1.165) is 52.1 Å². The highest BCUT2D eigenvalue weighted by Gasteiger charge is 2.24. The maximum absolute atomic E-state index is 12.3. The van der Waals surface area contributed by atoms with Crippen molar-refractivity contribution in [3.05, 3.63) is 12.2 Å². The zero-order chi connectivity index (χ0) is 31.2. The summed E-state index contributed by atoms with van der Waals surface area (Å²) in [7, 11) is -3.19. The molecule has 42 heavy (non-hydrogen) atoms. The highest BCUT2D eigenvalue weighted by atomic mass is 31.2. The Labute approximate surface area is 257 Å². The molecule has 0 aromatic heterocycles. The molecule has 0 radical (unpaired) electrons. The Kier molecular flexibility index (Phi) is 29.0. The number of phosphoric acid groups is 1. The molecule has 0 rings (SSSR count). The minimum Gasteiger partial charge on any atom is -0.462 e. The molecule has 8 nitrogen and oxygen atoms in total. The molecule has 0 aromatic rings. The van der Waals surface area contributed by atoms with Crippen molar-refractivity contribution in [3.63, 3.8) is 0 Å². The summed E-state index contributed by atoms with van der Waals surface area (Å²) in [6.45, 7) is 3.67. The molecule has 0 aliphatic rings. The first-order valence-electron chi connectivity index (χ1n) is 16.8. The van der Waals surface area contributed by atoms with Gasteiger partial charge in [0.15, 0.2) is 6.10 Å². The van der Waals surface area contributed by atoms with Crippen molar-refractivity contribution in [1.82, 2.24) is 0 Å². The molecular formula is C33H63O8P. The third-order valence-corrected chi connectivity index (χ3v) is 8.29. The third-order valence-electron chi connectivity index (χ3n) is 7.35. The van der Waals surface area contributed by atoms with Gasteiger partial charge in [0.2, 0.25) is 0 Å². The number of allylic oxidation sites excluding steroid dienone is 2. The summed E-state index contributed by atoms with van der Waals surface area (Å²) in [5.41, 5.74) is 0. The molecule has 0 heterocycles. The first-order chi connectivity index (χ1) is 20.3. The predicted octanol–water partition coefficient (Wildman–Crippen LogP) is 9.77. The smallest absolute Gasteiger partial charge is 0.462 e. The van der Waals surface area contributed by atoms with Crippen LogP contribution in [-0.4, -0.2) is 43.3 Å². The molecular weight excluding hydrogens is 555 g/mol. The zero-order valence-electron chi connectivity index (χ0n) is 27.2. The van der Waals surface area contributed by atoms with Gasteiger partial charge in [-0.2, -0.15) is 0 Å². The van der Waals surface area contributed by atoms with Crippen molar-refractivity contribution >= 4 is 19.8 Å². The second kappa shape index (κ2) is 29.8. The van der Waals surface area contributed by atoms with Crippen molar-refractivity contribution < 1.29 is 37.6 Å². The summed E-state index contributed by atoms with van der Waals surface area (Å²) in [5, 5.41) is 0. The molecule has 0 saturated heterocycles. The molecule has 0 aliphatic carbocycles. The Hall–Kier alpha value is -1.21. The molecule has 0 amide bonds. The summed E-state index contributed by atoms with van der Waals surface area (Å²) >= 11 is 0. The Morgan fingerprint density at radius 1 is 0.690 bits per heavy atom. The fourth-order valence-electron chi connectivity index (χ4n) is 4.72. The maximum Gasteiger partial charge on any atom is 0.472 e. The third kappa shape index (κ3) is 28.9. The van der Waals surface area contributed by atoms with Gasteiger partial charge < -0.3 is 14.4 Å². The topological polar surface area (TPSA) is 108 Å². The summed E-state index contributed by atoms with van der Waals surface area (Å²) in [6, 6.07) is 0. The van der Waals surface area contributed by atoms with Crippen LogP contribution in [0.4, 0.5) is 0 Å². The minimum atomic E-state index is -4.24. The van der Waals surface area contributed by atoms with Gasteiger partial charge in [-0.3, -0.25) is 18.6 Å². The fraction of sp³-hybridized carbons (Fsp3) is 0.879. The molecule has 9 heteroatoms. The summed E-state index contributed by atoms with van der Waals surface area (Å²) < 4.78 is 31.7. The standard InChI is InChI=1S/C33H63O8P/c1-4-6-8-10-12-14-16-17-18-20-21-23-25-27-32(34)39-29-31(30-40-42(36,37)38-3)41-33(35)28-26-24-22-19-15-13-11-9-7-5-2/h5,7,31H,4,6,8-30H2,1-3H3,(H,36,37)/b7-5+/t31-/m1/s1. The molecule has 0 saturated carbocycles. The number of unbranched alkanes of at least 4 members (excludes halogenated alkanes) is 19. The first kappa shape index (κ1) is 40.8. The monoisotopic (exact) mass is 618 g/mol. The van der Waals surface area contributed by atoms with E-state index in [1.165, 1.54) is 83.5 Å². The molecule has 0 fully saturated rings. The normalized spacial score (nSPS) is 13.7. The lowest BCUT2D eigenvalue weighted by molar-refractivity contribution is -0.161. The van der Waals surface area contributed by atoms with E-state index in [-0.39, 0.29) is 19.0 Å². The number of hydrogen-bond acceptors (Lipinski definition) is 7. The SMILES string of the molecule is C/C=C/CCCCCCCCCC(=O)O[C@H](COC(=O)CCCCCCCCCCCCCCC)COP(=O)(O)OC. The van der Waals surface area contributed by atoms with Gasteiger partial charge in [0.05, 0.1) is 6.61 Å². The Morgan fingerprint density at radius 3 is 1.62 bits per heavy atom. The van der Waals surface area contributed by atoms with E-state index >= 15 is 0 Å². The number of ether oxygens (including phenoxy) is 2. The Balaban J connectivity index is 4.08. The van der Waals surface area contributed by atoms with Gasteiger partial charge in [-0.25, -0.2) is 4.57 Å². The summed E-state index contributed by atoms with van der Waals surface area (Å²) in [5.74, 6) is -0.809. The number of phosphoric ester groups is 1. The van der Waals surface area contributed by atoms with Crippen molar-refractivity contribution in [1.29, 1.82) is 0 Å². The molecule has 248 valence electrons. The lowest BCUT2D eigenvalue weighted by Crippen LogP contribution is -2.29. The average molecular weight is 619 g/mol. The van der Waals surface area contributed by atoms with Gasteiger partial charge in [-0.05, 0) is 32.6 Å². The zero-order valence-corrected chi connectivity index (χ0v) is 28.1. The van der Waals surface area contributed by atoms with Crippen molar-refractivity contribution in [2.24, 2.45) is 0 Å². The second-order valence-corrected chi connectivity index (χ2v) is 12.9. The lowest BCUT2D eigenvalue weighted by atomic mass is 10.0. The molecule has 1 N–H and O–H groups in total. The van der Waals surface area contributed by atoms with E-state index in [1.54, 1.807) is 0 Å². The quantitative estimate of drug-likeness (QED) is 0.0354. The highest BCUT2D eigenvalue weighted by molar-refractivity contribution is 7.47. The van der Waals surface area contributed by atoms with Crippen LogP contribution in [0.5, 0.6) is 0 Å². The van der Waals surface area contributed by atoms with E-state index in [2.05, 4.69) is 23.6 Å². The average Bonchev–Trinajstić information content (AvgIpc) is 2.97. The van der Waals surface area contributed by atoms with Gasteiger partial charge in [0.25, 0.3) is 0 Å². The van der Waals surface area contributed by atoms with Gasteiger partial charge >= 0.3 is 19.8 Å². The van der Waals surface area contributed by atoms with Gasteiger partial charge in [0.1, 0.15) is 6.61 Å². The van der Waals surface area contributed by atoms with E-state index in [1.807, 2.05) is 6.92 Å². The van der Waals surface area contributed by atoms with Crippen molar-refractivity contribution in [3.8, 4) is 0 Å².